The van der Waals surface area contributed by atoms with Gasteiger partial charge in [-0.15, -0.1) is 0 Å². The van der Waals surface area contributed by atoms with Gasteiger partial charge in [0.05, 0.1) is 16.9 Å². The molecule has 2 aliphatic rings. The summed E-state index contributed by atoms with van der Waals surface area (Å²) in [6.07, 6.45) is -3.51. The van der Waals surface area contributed by atoms with E-state index in [0.29, 0.717) is 12.2 Å². The molecule has 0 N–H and O–H groups in total. The highest BCUT2D eigenvalue weighted by Crippen LogP contribution is 2.49. The fourth-order valence-electron chi connectivity index (χ4n) is 4.72. The molecule has 35 heavy (non-hydrogen) atoms. The zero-order chi connectivity index (χ0) is 24.4. The van der Waals surface area contributed by atoms with Crippen LogP contribution in [0.4, 0.5) is 28.9 Å². The van der Waals surface area contributed by atoms with E-state index in [1.54, 1.807) is 6.07 Å². The molecule has 0 spiro atoms. The minimum atomic E-state index is -4.37. The fraction of sp³-hybridized carbons (Fsp3) is 0.333. The van der Waals surface area contributed by atoms with Crippen LogP contribution in [0.2, 0.25) is 0 Å². The normalized spacial score (nSPS) is 16.7. The molecule has 5 rings (SSSR count). The molecule has 0 amide bonds. The first kappa shape index (κ1) is 24.2. The molecule has 3 aromatic rings. The van der Waals surface area contributed by atoms with Gasteiger partial charge in [0.1, 0.15) is 5.82 Å². The average molecular weight is 502 g/mol. The van der Waals surface area contributed by atoms with E-state index < -0.39 is 11.7 Å². The molecule has 1 saturated heterocycles. The smallest absolute Gasteiger partial charge is 0.340 e. The van der Waals surface area contributed by atoms with Crippen LogP contribution in [-0.2, 0) is 12.7 Å². The molecule has 0 unspecified atom stereocenters. The second-order valence-electron chi connectivity index (χ2n) is 9.00. The minimum Gasteiger partial charge on any atom is -0.340 e. The molecule has 0 aliphatic carbocycles. The molecular weight excluding hydrogens is 474 g/mol. The molecule has 0 atom stereocenters. The standard InChI is InChI=1S/C27H27F4N3S/c28-22-9-6-20(7-10-22)19-33-16-14-32(15-17-33)12-3-13-34-23-4-1-2-5-25(23)35-26-11-8-21(18-24(26)34)27(29,30)31/h1-2,4-11,18H,3,12-17,19H2. The third-order valence-electron chi connectivity index (χ3n) is 6.59. The number of halogens is 4. The van der Waals surface area contributed by atoms with Crippen LogP contribution in [0.25, 0.3) is 0 Å². The van der Waals surface area contributed by atoms with E-state index in [0.717, 1.165) is 66.7 Å². The van der Waals surface area contributed by atoms with Crippen molar-refractivity contribution in [2.45, 2.75) is 28.9 Å². The number of hydrogen-bond acceptors (Lipinski definition) is 4. The summed E-state index contributed by atoms with van der Waals surface area (Å²) in [6.45, 7) is 6.14. The van der Waals surface area contributed by atoms with E-state index in [1.807, 2.05) is 41.3 Å². The van der Waals surface area contributed by atoms with Crippen molar-refractivity contribution in [3.8, 4) is 0 Å². The van der Waals surface area contributed by atoms with Gasteiger partial charge in [-0.2, -0.15) is 13.2 Å². The van der Waals surface area contributed by atoms with E-state index >= 15 is 0 Å². The maximum absolute atomic E-state index is 13.4. The fourth-order valence-corrected chi connectivity index (χ4v) is 5.79. The van der Waals surface area contributed by atoms with Gasteiger partial charge in [0.15, 0.2) is 0 Å². The van der Waals surface area contributed by atoms with Crippen LogP contribution >= 0.6 is 11.8 Å². The zero-order valence-electron chi connectivity index (χ0n) is 19.3. The molecule has 184 valence electrons. The molecule has 3 nitrogen and oxygen atoms in total. The van der Waals surface area contributed by atoms with Gasteiger partial charge in [-0.3, -0.25) is 4.90 Å². The Hall–Kier alpha value is -2.55. The zero-order valence-corrected chi connectivity index (χ0v) is 20.1. The molecule has 0 aromatic heterocycles. The van der Waals surface area contributed by atoms with Crippen LogP contribution in [0, 0.1) is 5.82 Å². The number of piperazine rings is 1. The van der Waals surface area contributed by atoms with Crippen molar-refractivity contribution in [3.05, 3.63) is 83.7 Å². The van der Waals surface area contributed by atoms with Crippen molar-refractivity contribution in [1.82, 2.24) is 9.80 Å². The molecular formula is C27H27F4N3S. The monoisotopic (exact) mass is 501 g/mol. The minimum absolute atomic E-state index is 0.217. The topological polar surface area (TPSA) is 9.72 Å². The van der Waals surface area contributed by atoms with Crippen molar-refractivity contribution in [2.24, 2.45) is 0 Å². The highest BCUT2D eigenvalue weighted by atomic mass is 32.2. The molecule has 2 heterocycles. The summed E-state index contributed by atoms with van der Waals surface area (Å²) in [5, 5.41) is 0. The lowest BCUT2D eigenvalue weighted by molar-refractivity contribution is -0.137. The Kier molecular flexibility index (Phi) is 7.05. The van der Waals surface area contributed by atoms with Gasteiger partial charge < -0.3 is 9.80 Å². The largest absolute Gasteiger partial charge is 0.416 e. The first-order valence-corrected chi connectivity index (χ1v) is 12.6. The average Bonchev–Trinajstić information content (AvgIpc) is 2.85. The summed E-state index contributed by atoms with van der Waals surface area (Å²) >= 11 is 1.52. The van der Waals surface area contributed by atoms with Gasteiger partial charge in [0, 0.05) is 49.1 Å². The van der Waals surface area contributed by atoms with Crippen LogP contribution in [-0.4, -0.2) is 49.1 Å². The molecule has 0 bridgehead atoms. The van der Waals surface area contributed by atoms with Gasteiger partial charge in [-0.1, -0.05) is 36.0 Å². The summed E-state index contributed by atoms with van der Waals surface area (Å²) in [4.78, 5) is 8.75. The lowest BCUT2D eigenvalue weighted by Gasteiger charge is -2.36. The Morgan fingerprint density at radius 2 is 1.43 bits per heavy atom. The molecule has 3 aromatic carbocycles. The highest BCUT2D eigenvalue weighted by Gasteiger charge is 2.33. The lowest BCUT2D eigenvalue weighted by Crippen LogP contribution is -2.46. The van der Waals surface area contributed by atoms with Gasteiger partial charge in [-0.25, -0.2) is 4.39 Å². The van der Waals surface area contributed by atoms with Crippen LogP contribution in [0.5, 0.6) is 0 Å². The lowest BCUT2D eigenvalue weighted by atomic mass is 10.1. The summed E-state index contributed by atoms with van der Waals surface area (Å²) in [6, 6.07) is 18.6. The Balaban J connectivity index is 1.20. The summed E-state index contributed by atoms with van der Waals surface area (Å²) in [5.41, 5.74) is 2.10. The van der Waals surface area contributed by atoms with E-state index in [1.165, 1.54) is 36.0 Å². The van der Waals surface area contributed by atoms with E-state index in [-0.39, 0.29) is 5.82 Å². The van der Waals surface area contributed by atoms with Crippen LogP contribution in [0.3, 0.4) is 0 Å². The Morgan fingerprint density at radius 1 is 0.743 bits per heavy atom. The van der Waals surface area contributed by atoms with Crippen molar-refractivity contribution >= 4 is 23.1 Å². The quantitative estimate of drug-likeness (QED) is 0.350. The van der Waals surface area contributed by atoms with Gasteiger partial charge in [0.25, 0.3) is 0 Å². The Morgan fingerprint density at radius 3 is 2.17 bits per heavy atom. The van der Waals surface area contributed by atoms with Crippen LogP contribution in [0.15, 0.2) is 76.5 Å². The van der Waals surface area contributed by atoms with Crippen molar-refractivity contribution in [1.29, 1.82) is 0 Å². The van der Waals surface area contributed by atoms with Crippen molar-refractivity contribution in [2.75, 3.05) is 44.2 Å². The number of para-hydroxylation sites is 1. The number of alkyl halides is 3. The predicted molar refractivity (Wildman–Crippen MR) is 132 cm³/mol. The maximum atomic E-state index is 13.4. The number of anilines is 2. The summed E-state index contributed by atoms with van der Waals surface area (Å²) < 4.78 is 53.4. The highest BCUT2D eigenvalue weighted by molar-refractivity contribution is 7.99. The van der Waals surface area contributed by atoms with Crippen LogP contribution < -0.4 is 4.90 Å². The first-order valence-electron chi connectivity index (χ1n) is 11.8. The summed E-state index contributed by atoms with van der Waals surface area (Å²) in [7, 11) is 0. The molecule has 8 heteroatoms. The third-order valence-corrected chi connectivity index (χ3v) is 7.72. The van der Waals surface area contributed by atoms with Crippen molar-refractivity contribution < 1.29 is 17.6 Å². The Bertz CT molecular complexity index is 1160. The molecule has 0 radical (unpaired) electrons. The van der Waals surface area contributed by atoms with Gasteiger partial charge in [0.2, 0.25) is 0 Å². The third kappa shape index (κ3) is 5.66. The van der Waals surface area contributed by atoms with E-state index in [4.69, 9.17) is 0 Å². The molecule has 0 saturated carbocycles. The second-order valence-corrected chi connectivity index (χ2v) is 10.1. The number of hydrogen-bond donors (Lipinski definition) is 0. The van der Waals surface area contributed by atoms with Crippen molar-refractivity contribution in [3.63, 3.8) is 0 Å². The number of benzene rings is 3. The van der Waals surface area contributed by atoms with Gasteiger partial charge in [-0.05, 0) is 61.0 Å². The Labute approximate surface area is 207 Å². The van der Waals surface area contributed by atoms with Crippen LogP contribution in [0.1, 0.15) is 17.5 Å². The molecule has 2 aliphatic heterocycles. The van der Waals surface area contributed by atoms with E-state index in [9.17, 15) is 17.6 Å². The van der Waals surface area contributed by atoms with Gasteiger partial charge >= 0.3 is 6.18 Å². The molecule has 1 fully saturated rings. The number of fused-ring (bicyclic) bond motifs is 2. The number of nitrogens with zero attached hydrogens (tertiary/aromatic N) is 3. The maximum Gasteiger partial charge on any atom is 0.416 e. The number of rotatable bonds is 6. The SMILES string of the molecule is Fc1ccc(CN2CCN(CCCN3c4ccccc4Sc4ccc(C(F)(F)F)cc43)CC2)cc1. The predicted octanol–water partition coefficient (Wildman–Crippen LogP) is 6.66. The second kappa shape index (κ2) is 10.2. The summed E-state index contributed by atoms with van der Waals surface area (Å²) in [5.74, 6) is -0.217. The first-order chi connectivity index (χ1) is 16.9. The van der Waals surface area contributed by atoms with E-state index in [2.05, 4.69) is 9.80 Å².